The zero-order valence-corrected chi connectivity index (χ0v) is 11.0. The molecule has 7 heteroatoms. The predicted molar refractivity (Wildman–Crippen MR) is 71.6 cm³/mol. The van der Waals surface area contributed by atoms with E-state index in [2.05, 4.69) is 10.3 Å². The van der Waals surface area contributed by atoms with Crippen molar-refractivity contribution in [1.82, 2.24) is 4.98 Å². The van der Waals surface area contributed by atoms with Gasteiger partial charge in [-0.1, -0.05) is 13.8 Å². The highest BCUT2D eigenvalue weighted by Gasteiger charge is 2.25. The number of anilines is 1. The molecule has 0 saturated carbocycles. The van der Waals surface area contributed by atoms with E-state index in [0.717, 1.165) is 12.8 Å². The quantitative estimate of drug-likeness (QED) is 0.596. The van der Waals surface area contributed by atoms with Gasteiger partial charge in [0.1, 0.15) is 11.9 Å². The zero-order chi connectivity index (χ0) is 14.5. The Labute approximate surface area is 111 Å². The molecule has 0 unspecified atom stereocenters. The molecule has 0 spiro atoms. The van der Waals surface area contributed by atoms with Gasteiger partial charge in [0.15, 0.2) is 0 Å². The molecule has 1 aromatic heterocycles. The van der Waals surface area contributed by atoms with Crippen LogP contribution in [0.15, 0.2) is 12.1 Å². The first-order valence-corrected chi connectivity index (χ1v) is 6.05. The van der Waals surface area contributed by atoms with Crippen LogP contribution in [-0.4, -0.2) is 22.0 Å². The number of nitriles is 1. The second-order valence-corrected chi connectivity index (χ2v) is 4.25. The number of pyridine rings is 1. The van der Waals surface area contributed by atoms with Crippen LogP contribution in [0.4, 0.5) is 11.5 Å². The van der Waals surface area contributed by atoms with Gasteiger partial charge in [0.25, 0.3) is 0 Å². The highest BCUT2D eigenvalue weighted by Crippen LogP contribution is 2.23. The normalized spacial score (nSPS) is 10.8. The third kappa shape index (κ3) is 3.17. The SMILES string of the molecule is CCC(CC)(CN)Nc1ccc([N+](=O)[O-])c(C#N)n1. The Bertz CT molecular complexity index is 497. The Morgan fingerprint density at radius 1 is 1.53 bits per heavy atom. The fraction of sp³-hybridized carbons (Fsp3) is 0.500. The fourth-order valence-corrected chi connectivity index (χ4v) is 1.79. The van der Waals surface area contributed by atoms with Gasteiger partial charge in [-0.25, -0.2) is 4.98 Å². The average molecular weight is 263 g/mol. The van der Waals surface area contributed by atoms with Gasteiger partial charge >= 0.3 is 5.69 Å². The van der Waals surface area contributed by atoms with Crippen LogP contribution < -0.4 is 11.1 Å². The molecule has 7 nitrogen and oxygen atoms in total. The number of hydrogen-bond donors (Lipinski definition) is 2. The maximum atomic E-state index is 10.7. The molecule has 0 bridgehead atoms. The van der Waals surface area contributed by atoms with Gasteiger partial charge in [-0.3, -0.25) is 10.1 Å². The highest BCUT2D eigenvalue weighted by molar-refractivity contribution is 5.51. The van der Waals surface area contributed by atoms with E-state index in [-0.39, 0.29) is 16.9 Å². The lowest BCUT2D eigenvalue weighted by atomic mass is 9.93. The fourth-order valence-electron chi connectivity index (χ4n) is 1.79. The molecule has 0 saturated heterocycles. The van der Waals surface area contributed by atoms with Crippen molar-refractivity contribution < 1.29 is 4.92 Å². The Morgan fingerprint density at radius 2 is 2.16 bits per heavy atom. The molecule has 19 heavy (non-hydrogen) atoms. The maximum Gasteiger partial charge on any atom is 0.305 e. The number of nitrogens with one attached hydrogen (secondary N) is 1. The van der Waals surface area contributed by atoms with Gasteiger partial charge < -0.3 is 11.1 Å². The van der Waals surface area contributed by atoms with Gasteiger partial charge in [-0.05, 0) is 18.9 Å². The van der Waals surface area contributed by atoms with Crippen LogP contribution in [0.2, 0.25) is 0 Å². The van der Waals surface area contributed by atoms with E-state index < -0.39 is 4.92 Å². The molecule has 0 aliphatic rings. The van der Waals surface area contributed by atoms with E-state index in [1.54, 1.807) is 6.07 Å². The van der Waals surface area contributed by atoms with Gasteiger partial charge in [0.2, 0.25) is 5.69 Å². The summed E-state index contributed by atoms with van der Waals surface area (Å²) in [6.07, 6.45) is 1.58. The van der Waals surface area contributed by atoms with E-state index in [0.29, 0.717) is 12.4 Å². The Balaban J connectivity index is 3.11. The minimum Gasteiger partial charge on any atom is -0.363 e. The van der Waals surface area contributed by atoms with Crippen LogP contribution in [0, 0.1) is 21.4 Å². The number of rotatable bonds is 6. The van der Waals surface area contributed by atoms with Crippen molar-refractivity contribution in [2.45, 2.75) is 32.2 Å². The molecule has 0 aliphatic carbocycles. The van der Waals surface area contributed by atoms with Crippen LogP contribution in [0.5, 0.6) is 0 Å². The number of nitrogens with two attached hydrogens (primary N) is 1. The van der Waals surface area contributed by atoms with Crippen molar-refractivity contribution in [3.8, 4) is 6.07 Å². The molecular weight excluding hydrogens is 246 g/mol. The second-order valence-electron chi connectivity index (χ2n) is 4.25. The lowest BCUT2D eigenvalue weighted by Gasteiger charge is -2.32. The van der Waals surface area contributed by atoms with E-state index in [1.165, 1.54) is 12.1 Å². The lowest BCUT2D eigenvalue weighted by molar-refractivity contribution is -0.385. The Morgan fingerprint density at radius 3 is 2.58 bits per heavy atom. The molecule has 1 heterocycles. The number of nitro groups is 1. The Hall–Kier alpha value is -2.20. The van der Waals surface area contributed by atoms with Gasteiger partial charge in [-0.15, -0.1) is 0 Å². The molecule has 0 atom stereocenters. The third-order valence-electron chi connectivity index (χ3n) is 3.31. The molecule has 1 aromatic rings. The van der Waals surface area contributed by atoms with Crippen molar-refractivity contribution in [3.05, 3.63) is 27.9 Å². The summed E-state index contributed by atoms with van der Waals surface area (Å²) < 4.78 is 0. The smallest absolute Gasteiger partial charge is 0.305 e. The first-order valence-electron chi connectivity index (χ1n) is 6.05. The monoisotopic (exact) mass is 263 g/mol. The van der Waals surface area contributed by atoms with Crippen molar-refractivity contribution in [3.63, 3.8) is 0 Å². The zero-order valence-electron chi connectivity index (χ0n) is 11.0. The van der Waals surface area contributed by atoms with Gasteiger partial charge in [0, 0.05) is 12.6 Å². The predicted octanol–water partition coefficient (Wildman–Crippen LogP) is 1.79. The van der Waals surface area contributed by atoms with Crippen LogP contribution in [0.25, 0.3) is 0 Å². The Kier molecular flexibility index (Phi) is 4.78. The van der Waals surface area contributed by atoms with Crippen LogP contribution in [0.3, 0.4) is 0 Å². The minimum atomic E-state index is -0.620. The summed E-state index contributed by atoms with van der Waals surface area (Å²) in [5.41, 5.74) is 4.96. The minimum absolute atomic E-state index is 0.201. The first-order chi connectivity index (χ1) is 9.01. The van der Waals surface area contributed by atoms with Crippen molar-refractivity contribution in [2.75, 3.05) is 11.9 Å². The van der Waals surface area contributed by atoms with Crippen LogP contribution in [0.1, 0.15) is 32.4 Å². The number of hydrogen-bond acceptors (Lipinski definition) is 6. The standard InChI is InChI=1S/C12H17N5O2/c1-3-12(4-2,8-14)16-11-6-5-10(17(18)19)9(7-13)15-11/h5-6H,3-4,8,14H2,1-2H3,(H,15,16). The molecule has 1 rings (SSSR count). The largest absolute Gasteiger partial charge is 0.363 e. The van der Waals surface area contributed by atoms with E-state index >= 15 is 0 Å². The summed E-state index contributed by atoms with van der Waals surface area (Å²) in [5.74, 6) is 0.427. The summed E-state index contributed by atoms with van der Waals surface area (Å²) >= 11 is 0. The van der Waals surface area contributed by atoms with Crippen LogP contribution in [-0.2, 0) is 0 Å². The highest BCUT2D eigenvalue weighted by atomic mass is 16.6. The molecule has 3 N–H and O–H groups in total. The van der Waals surface area contributed by atoms with E-state index in [1.807, 2.05) is 13.8 Å². The van der Waals surface area contributed by atoms with E-state index in [9.17, 15) is 10.1 Å². The van der Waals surface area contributed by atoms with Crippen molar-refractivity contribution in [2.24, 2.45) is 5.73 Å². The molecular formula is C12H17N5O2. The summed E-state index contributed by atoms with van der Waals surface area (Å²) in [5, 5.41) is 22.8. The lowest BCUT2D eigenvalue weighted by Crippen LogP contribution is -2.44. The van der Waals surface area contributed by atoms with Crippen LogP contribution >= 0.6 is 0 Å². The first kappa shape index (κ1) is 14.9. The maximum absolute atomic E-state index is 10.7. The summed E-state index contributed by atoms with van der Waals surface area (Å²) in [4.78, 5) is 14.1. The molecule has 0 fully saturated rings. The van der Waals surface area contributed by atoms with Gasteiger partial charge in [-0.2, -0.15) is 5.26 Å². The van der Waals surface area contributed by atoms with Gasteiger partial charge in [0.05, 0.1) is 10.5 Å². The number of aromatic nitrogens is 1. The number of nitrogens with zero attached hydrogens (tertiary/aromatic N) is 3. The molecule has 0 aliphatic heterocycles. The second kappa shape index (κ2) is 6.11. The molecule has 0 radical (unpaired) electrons. The summed E-state index contributed by atoms with van der Waals surface area (Å²) in [6, 6.07) is 4.51. The summed E-state index contributed by atoms with van der Waals surface area (Å²) in [7, 11) is 0. The average Bonchev–Trinajstić information content (AvgIpc) is 2.44. The van der Waals surface area contributed by atoms with E-state index in [4.69, 9.17) is 11.0 Å². The summed E-state index contributed by atoms with van der Waals surface area (Å²) in [6.45, 7) is 4.42. The molecule has 0 amide bonds. The van der Waals surface area contributed by atoms with Crippen molar-refractivity contribution >= 4 is 11.5 Å². The topological polar surface area (TPSA) is 118 Å². The third-order valence-corrected chi connectivity index (χ3v) is 3.31. The van der Waals surface area contributed by atoms with Crippen molar-refractivity contribution in [1.29, 1.82) is 5.26 Å². The molecule has 0 aromatic carbocycles. The molecule has 102 valence electrons.